The molecular weight excluding hydrogens is 404 g/mol. The maximum atomic E-state index is 15.2. The molecule has 0 fully saturated rings. The van der Waals surface area contributed by atoms with Gasteiger partial charge in [-0.3, -0.25) is 0 Å². The van der Waals surface area contributed by atoms with E-state index >= 15 is 4.39 Å². The molecule has 5 aromatic rings. The molecule has 154 valence electrons. The van der Waals surface area contributed by atoms with Crippen molar-refractivity contribution in [2.24, 2.45) is 0 Å². The number of hydrogen-bond acceptors (Lipinski definition) is 3. The quantitative estimate of drug-likeness (QED) is 0.320. The van der Waals surface area contributed by atoms with Crippen LogP contribution in [-0.4, -0.2) is 15.0 Å². The van der Waals surface area contributed by atoms with Crippen LogP contribution in [-0.2, 0) is 0 Å². The second kappa shape index (κ2) is 8.47. The third-order valence-corrected chi connectivity index (χ3v) is 5.10. The van der Waals surface area contributed by atoms with Crippen LogP contribution >= 0.6 is 0 Å². The smallest absolute Gasteiger partial charge is 0.167 e. The molecule has 5 rings (SSSR count). The molecule has 0 unspecified atom stereocenters. The van der Waals surface area contributed by atoms with Gasteiger partial charge < -0.3 is 0 Å². The first kappa shape index (κ1) is 19.7. The molecule has 0 amide bonds. The van der Waals surface area contributed by atoms with Crippen molar-refractivity contribution in [1.82, 2.24) is 15.0 Å². The van der Waals surface area contributed by atoms with Crippen molar-refractivity contribution in [1.29, 1.82) is 0 Å². The van der Waals surface area contributed by atoms with E-state index in [2.05, 4.69) is 15.0 Å². The molecule has 1 aromatic heterocycles. The van der Waals surface area contributed by atoms with Gasteiger partial charge in [0.2, 0.25) is 0 Å². The van der Waals surface area contributed by atoms with Gasteiger partial charge in [-0.1, -0.05) is 91.0 Å². The summed E-state index contributed by atoms with van der Waals surface area (Å²) in [6, 6.07) is 29.7. The van der Waals surface area contributed by atoms with Crippen LogP contribution in [0.15, 0.2) is 103 Å². The number of aromatic nitrogens is 3. The number of rotatable bonds is 4. The van der Waals surface area contributed by atoms with E-state index in [-0.39, 0.29) is 17.0 Å². The van der Waals surface area contributed by atoms with Crippen molar-refractivity contribution in [3.63, 3.8) is 0 Å². The van der Waals surface area contributed by atoms with Crippen molar-refractivity contribution in [2.45, 2.75) is 0 Å². The van der Waals surface area contributed by atoms with Gasteiger partial charge in [0, 0.05) is 16.7 Å². The molecule has 1 heterocycles. The van der Waals surface area contributed by atoms with Crippen LogP contribution in [0.25, 0.3) is 45.3 Å². The van der Waals surface area contributed by atoms with Gasteiger partial charge in [0.25, 0.3) is 0 Å². The van der Waals surface area contributed by atoms with Gasteiger partial charge in [0.15, 0.2) is 17.5 Å². The highest BCUT2D eigenvalue weighted by atomic mass is 19.1. The minimum absolute atomic E-state index is 0.134. The zero-order valence-electron chi connectivity index (χ0n) is 16.9. The molecule has 0 atom stereocenters. The molecule has 0 saturated heterocycles. The highest BCUT2D eigenvalue weighted by Crippen LogP contribution is 2.35. The predicted molar refractivity (Wildman–Crippen MR) is 121 cm³/mol. The molecule has 0 aliphatic carbocycles. The van der Waals surface area contributed by atoms with E-state index in [0.717, 1.165) is 11.1 Å². The Morgan fingerprint density at radius 3 is 1.47 bits per heavy atom. The summed E-state index contributed by atoms with van der Waals surface area (Å²) >= 11 is 0. The molecule has 0 radical (unpaired) electrons. The summed E-state index contributed by atoms with van der Waals surface area (Å²) in [5, 5.41) is 0. The molecule has 0 aliphatic heterocycles. The van der Waals surface area contributed by atoms with Crippen LogP contribution in [0.2, 0.25) is 0 Å². The highest BCUT2D eigenvalue weighted by molar-refractivity contribution is 5.82. The van der Waals surface area contributed by atoms with Crippen LogP contribution in [0, 0.1) is 11.6 Å². The van der Waals surface area contributed by atoms with E-state index in [1.807, 2.05) is 60.7 Å². The van der Waals surface area contributed by atoms with Gasteiger partial charge in [-0.25, -0.2) is 23.7 Å². The number of halogens is 2. The van der Waals surface area contributed by atoms with Crippen molar-refractivity contribution in [3.05, 3.63) is 115 Å². The summed E-state index contributed by atoms with van der Waals surface area (Å²) in [6.07, 6.45) is 0. The zero-order chi connectivity index (χ0) is 21.9. The second-order valence-electron chi connectivity index (χ2n) is 7.18. The van der Waals surface area contributed by atoms with Crippen LogP contribution < -0.4 is 0 Å². The third-order valence-electron chi connectivity index (χ3n) is 5.10. The highest BCUT2D eigenvalue weighted by Gasteiger charge is 2.20. The topological polar surface area (TPSA) is 38.7 Å². The van der Waals surface area contributed by atoms with Gasteiger partial charge in [0.1, 0.15) is 11.6 Å². The second-order valence-corrected chi connectivity index (χ2v) is 7.18. The molecule has 0 bridgehead atoms. The zero-order valence-corrected chi connectivity index (χ0v) is 16.9. The molecule has 4 aromatic carbocycles. The summed E-state index contributed by atoms with van der Waals surface area (Å²) in [5.41, 5.74) is 2.35. The fraction of sp³-hybridized carbons (Fsp3) is 0. The molecular formula is C27H17F2N3. The molecule has 0 N–H and O–H groups in total. The molecule has 0 aliphatic rings. The van der Waals surface area contributed by atoms with Crippen LogP contribution in [0.5, 0.6) is 0 Å². The summed E-state index contributed by atoms with van der Waals surface area (Å²) < 4.78 is 29.8. The van der Waals surface area contributed by atoms with Crippen LogP contribution in [0.3, 0.4) is 0 Å². The lowest BCUT2D eigenvalue weighted by molar-refractivity contribution is 0.626. The Morgan fingerprint density at radius 1 is 0.406 bits per heavy atom. The average Bonchev–Trinajstić information content (AvgIpc) is 2.85. The minimum Gasteiger partial charge on any atom is -0.208 e. The fourth-order valence-corrected chi connectivity index (χ4v) is 3.58. The van der Waals surface area contributed by atoms with Gasteiger partial charge in [-0.15, -0.1) is 0 Å². The summed E-state index contributed by atoms with van der Waals surface area (Å²) in [5.74, 6) is -0.00149. The van der Waals surface area contributed by atoms with E-state index in [1.165, 1.54) is 12.1 Å². The fourth-order valence-electron chi connectivity index (χ4n) is 3.58. The monoisotopic (exact) mass is 421 g/mol. The Balaban J connectivity index is 1.79. The maximum Gasteiger partial charge on any atom is 0.167 e. The van der Waals surface area contributed by atoms with E-state index in [4.69, 9.17) is 0 Å². The lowest BCUT2D eigenvalue weighted by Crippen LogP contribution is -2.02. The van der Waals surface area contributed by atoms with Gasteiger partial charge >= 0.3 is 0 Å². The first-order valence-electron chi connectivity index (χ1n) is 10.1. The van der Waals surface area contributed by atoms with Crippen molar-refractivity contribution >= 4 is 0 Å². The van der Waals surface area contributed by atoms with E-state index in [1.54, 1.807) is 30.3 Å². The van der Waals surface area contributed by atoms with Crippen LogP contribution in [0.4, 0.5) is 8.78 Å². The lowest BCUT2D eigenvalue weighted by Gasteiger charge is -2.13. The van der Waals surface area contributed by atoms with E-state index in [9.17, 15) is 4.39 Å². The van der Waals surface area contributed by atoms with Crippen molar-refractivity contribution in [2.75, 3.05) is 0 Å². The van der Waals surface area contributed by atoms with Gasteiger partial charge in [-0.2, -0.15) is 0 Å². The van der Waals surface area contributed by atoms with Gasteiger partial charge in [0.05, 0.1) is 5.56 Å². The summed E-state index contributed by atoms with van der Waals surface area (Å²) in [4.78, 5) is 13.8. The molecule has 3 nitrogen and oxygen atoms in total. The van der Waals surface area contributed by atoms with E-state index in [0.29, 0.717) is 17.2 Å². The Labute approximate surface area is 184 Å². The largest absolute Gasteiger partial charge is 0.208 e. The minimum atomic E-state index is -0.532. The summed E-state index contributed by atoms with van der Waals surface area (Å²) in [7, 11) is 0. The first-order chi connectivity index (χ1) is 15.7. The number of nitrogens with zero attached hydrogens (tertiary/aromatic N) is 3. The van der Waals surface area contributed by atoms with E-state index < -0.39 is 11.6 Å². The van der Waals surface area contributed by atoms with Crippen LogP contribution in [0.1, 0.15) is 0 Å². The Bertz CT molecular complexity index is 1330. The molecule has 5 heteroatoms. The maximum absolute atomic E-state index is 15.2. The molecule has 0 saturated carbocycles. The Kier molecular flexibility index (Phi) is 5.22. The number of hydrogen-bond donors (Lipinski definition) is 0. The Morgan fingerprint density at radius 2 is 0.875 bits per heavy atom. The van der Waals surface area contributed by atoms with Crippen molar-refractivity contribution in [3.8, 4) is 45.3 Å². The average molecular weight is 421 g/mol. The third kappa shape index (κ3) is 3.76. The standard InChI is InChI=1S/C27H17F2N3/c28-22-16-8-7-14-20(22)21-15-9-17-23(29)24(21)27-31-25(18-10-3-1-4-11-18)30-26(32-27)19-12-5-2-6-13-19/h1-17H. The first-order valence-corrected chi connectivity index (χ1v) is 10.1. The number of benzene rings is 4. The van der Waals surface area contributed by atoms with Gasteiger partial charge in [-0.05, 0) is 17.7 Å². The Hall–Kier alpha value is -4.25. The molecule has 0 spiro atoms. The normalized spacial score (nSPS) is 10.8. The SMILES string of the molecule is Fc1ccccc1-c1cccc(F)c1-c1nc(-c2ccccc2)nc(-c2ccccc2)n1. The summed E-state index contributed by atoms with van der Waals surface area (Å²) in [6.45, 7) is 0. The molecule has 32 heavy (non-hydrogen) atoms. The van der Waals surface area contributed by atoms with Crippen molar-refractivity contribution < 1.29 is 8.78 Å². The predicted octanol–water partition coefficient (Wildman–Crippen LogP) is 6.82. The lowest BCUT2D eigenvalue weighted by atomic mass is 9.98.